The fraction of sp³-hybridized carbons (Fsp3) is 0.267. The van der Waals surface area contributed by atoms with Gasteiger partial charge in [0.1, 0.15) is 17.9 Å². The highest BCUT2D eigenvalue weighted by Gasteiger charge is 2.43. The van der Waals surface area contributed by atoms with Gasteiger partial charge in [0.25, 0.3) is 0 Å². The van der Waals surface area contributed by atoms with E-state index >= 15 is 0 Å². The number of hydrogen-bond donors (Lipinski definition) is 4. The minimum Gasteiger partial charge on any atom is -0.347 e. The van der Waals surface area contributed by atoms with Crippen LogP contribution >= 0.6 is 22.9 Å². The maximum absolute atomic E-state index is 10.0. The number of likely N-dealkylation sites (N-methyl/N-ethyl adjacent to an activating group) is 1. The molecule has 10 heteroatoms. The summed E-state index contributed by atoms with van der Waals surface area (Å²) in [7, 11) is 0.298. The molecule has 0 aromatic heterocycles. The van der Waals surface area contributed by atoms with Crippen LogP contribution in [0.3, 0.4) is 0 Å². The second kappa shape index (κ2) is 14.6. The molecule has 55 heavy (non-hydrogen) atoms. The van der Waals surface area contributed by atoms with E-state index < -0.39 is 16.3 Å². The Labute approximate surface area is 330 Å². The number of benzene rings is 4. The second-order valence-corrected chi connectivity index (χ2v) is 18.0. The van der Waals surface area contributed by atoms with Crippen molar-refractivity contribution in [3.05, 3.63) is 154 Å². The Morgan fingerprint density at radius 2 is 1.42 bits per heavy atom. The number of anilines is 3. The number of rotatable bonds is 9. The molecule has 2 aliphatic heterocycles. The minimum absolute atomic E-state index is 0.118. The molecule has 0 bridgehead atoms. The molecule has 7 rings (SSSR count). The summed E-state index contributed by atoms with van der Waals surface area (Å²) in [6, 6.07) is 28.7. The molecule has 0 unspecified atom stereocenters. The SMILES string of the molecule is Cc1ccc(N(C2=C(C=CC3=[N+](C)c4ccc(SOO)cc4C3(C)C)CCC2=CC=C2N(C)c3ccc(S(O)(O)O)cc3C2(C)C)c2ccc(C)cc2)cc1. The first-order valence-corrected chi connectivity index (χ1v) is 20.7. The van der Waals surface area contributed by atoms with Crippen molar-refractivity contribution in [1.29, 1.82) is 0 Å². The van der Waals surface area contributed by atoms with E-state index in [9.17, 15) is 13.7 Å². The van der Waals surface area contributed by atoms with Gasteiger partial charge in [-0.25, -0.2) is 5.26 Å². The molecule has 2 heterocycles. The standard InChI is InChI=1S/C45H49N3O5S2/c1-29-9-17-33(18-10-29)48(34-19-11-30(2)12-20-34)43-31(15-25-41-44(3,4)37-27-35(54-53-49)21-23-39(37)46(41)7)13-14-32(43)16-26-42-45(5,6)38-28-36(55(50,51)52)22-24-40(38)47(42)8/h9-12,15-28H,13-14H2,1-8H3,(H3-,49,50,51,52)/p+1. The van der Waals surface area contributed by atoms with Crippen LogP contribution in [0.5, 0.6) is 0 Å². The van der Waals surface area contributed by atoms with Crippen molar-refractivity contribution in [2.24, 2.45) is 0 Å². The first-order chi connectivity index (χ1) is 26.0. The van der Waals surface area contributed by atoms with Crippen molar-refractivity contribution in [3.8, 4) is 0 Å². The van der Waals surface area contributed by atoms with Gasteiger partial charge < -0.3 is 23.5 Å². The van der Waals surface area contributed by atoms with Crippen molar-refractivity contribution in [1.82, 2.24) is 0 Å². The Morgan fingerprint density at radius 3 is 2.02 bits per heavy atom. The first-order valence-electron chi connectivity index (χ1n) is 18.4. The van der Waals surface area contributed by atoms with E-state index in [1.54, 1.807) is 12.1 Å². The zero-order valence-electron chi connectivity index (χ0n) is 32.7. The molecule has 4 N–H and O–H groups in total. The van der Waals surface area contributed by atoms with Gasteiger partial charge in [-0.2, -0.15) is 8.91 Å². The Morgan fingerprint density at radius 1 is 0.782 bits per heavy atom. The Kier molecular flexibility index (Phi) is 10.3. The smallest absolute Gasteiger partial charge is 0.209 e. The summed E-state index contributed by atoms with van der Waals surface area (Å²) in [5.41, 5.74) is 13.8. The molecule has 4 aromatic rings. The van der Waals surface area contributed by atoms with Crippen LogP contribution in [-0.2, 0) is 15.2 Å². The van der Waals surface area contributed by atoms with Crippen LogP contribution in [0.25, 0.3) is 0 Å². The van der Waals surface area contributed by atoms with Crippen LogP contribution in [0.4, 0.5) is 22.7 Å². The largest absolute Gasteiger partial charge is 0.347 e. The summed E-state index contributed by atoms with van der Waals surface area (Å²) in [5, 5.41) is 9.10. The van der Waals surface area contributed by atoms with Crippen LogP contribution in [0.1, 0.15) is 62.8 Å². The third-order valence-corrected chi connectivity index (χ3v) is 12.8. The van der Waals surface area contributed by atoms with Gasteiger partial charge >= 0.3 is 0 Å². The second-order valence-electron chi connectivity index (χ2n) is 15.7. The molecule has 0 saturated heterocycles. The molecule has 0 amide bonds. The third-order valence-electron chi connectivity index (χ3n) is 11.4. The lowest BCUT2D eigenvalue weighted by Gasteiger charge is -2.29. The number of aryl methyl sites for hydroxylation is 2. The minimum atomic E-state index is -3.85. The first kappa shape index (κ1) is 38.9. The number of hydrogen-bond acceptors (Lipinski definition) is 8. The lowest BCUT2D eigenvalue weighted by Crippen LogP contribution is -2.26. The topological polar surface area (TPSA) is 99.6 Å². The van der Waals surface area contributed by atoms with E-state index in [0.29, 0.717) is 0 Å². The van der Waals surface area contributed by atoms with Gasteiger partial charge in [-0.15, -0.1) is 0 Å². The van der Waals surface area contributed by atoms with Crippen LogP contribution < -0.4 is 9.80 Å². The molecule has 0 fully saturated rings. The van der Waals surface area contributed by atoms with Gasteiger partial charge in [0, 0.05) is 57.8 Å². The molecule has 0 saturated carbocycles. The highest BCUT2D eigenvalue weighted by molar-refractivity contribution is 8.19. The predicted octanol–water partition coefficient (Wildman–Crippen LogP) is 12.1. The lowest BCUT2D eigenvalue weighted by molar-refractivity contribution is -0.401. The number of fused-ring (bicyclic) bond motifs is 2. The molecule has 3 aliphatic rings. The van der Waals surface area contributed by atoms with Gasteiger partial charge in [-0.1, -0.05) is 61.4 Å². The van der Waals surface area contributed by atoms with E-state index in [4.69, 9.17) is 5.26 Å². The molecule has 0 radical (unpaired) electrons. The molecule has 0 spiro atoms. The fourth-order valence-electron chi connectivity index (χ4n) is 8.37. The average Bonchev–Trinajstić information content (AvgIpc) is 3.68. The average molecular weight is 777 g/mol. The Bertz CT molecular complexity index is 2270. The van der Waals surface area contributed by atoms with E-state index in [1.165, 1.54) is 33.5 Å². The van der Waals surface area contributed by atoms with Crippen molar-refractivity contribution >= 4 is 51.4 Å². The number of allylic oxidation sites excluding steroid dienone is 7. The van der Waals surface area contributed by atoms with Crippen LogP contribution in [0, 0.1) is 13.8 Å². The fourth-order valence-corrected chi connectivity index (χ4v) is 9.28. The van der Waals surface area contributed by atoms with Crippen LogP contribution in [0.15, 0.2) is 142 Å². The maximum atomic E-state index is 10.0. The maximum Gasteiger partial charge on any atom is 0.209 e. The van der Waals surface area contributed by atoms with E-state index in [0.717, 1.165) is 69.5 Å². The molecule has 0 atom stereocenters. The quantitative estimate of drug-likeness (QED) is 0.0577. The van der Waals surface area contributed by atoms with Gasteiger partial charge in [-0.3, -0.25) is 0 Å². The van der Waals surface area contributed by atoms with E-state index in [1.807, 2.05) is 19.2 Å². The van der Waals surface area contributed by atoms with Crippen LogP contribution in [-0.4, -0.2) is 43.3 Å². The normalized spacial score (nSPS) is 19.3. The highest BCUT2D eigenvalue weighted by Crippen LogP contribution is 2.52. The molecule has 4 aromatic carbocycles. The summed E-state index contributed by atoms with van der Waals surface area (Å²) in [6.07, 6.45) is 10.7. The summed E-state index contributed by atoms with van der Waals surface area (Å²) in [4.78, 5) is 5.49. The van der Waals surface area contributed by atoms with Gasteiger partial charge in [0.05, 0.1) is 28.1 Å². The zero-order valence-corrected chi connectivity index (χ0v) is 34.3. The van der Waals surface area contributed by atoms with Gasteiger partial charge in [0.15, 0.2) is 5.71 Å². The molecule has 286 valence electrons. The van der Waals surface area contributed by atoms with Crippen molar-refractivity contribution in [3.63, 3.8) is 0 Å². The molecule has 8 nitrogen and oxygen atoms in total. The highest BCUT2D eigenvalue weighted by atomic mass is 32.3. The lowest BCUT2D eigenvalue weighted by atomic mass is 9.81. The summed E-state index contributed by atoms with van der Waals surface area (Å²) < 4.78 is 36.8. The van der Waals surface area contributed by atoms with Crippen molar-refractivity contribution in [2.45, 2.75) is 75.0 Å². The number of nitrogens with zero attached hydrogens (tertiary/aromatic N) is 3. The van der Waals surface area contributed by atoms with Crippen molar-refractivity contribution < 1.29 is 27.8 Å². The molecule has 1 aliphatic carbocycles. The van der Waals surface area contributed by atoms with Gasteiger partial charge in [-0.05, 0) is 118 Å². The Hall–Kier alpha value is -4.39. The summed E-state index contributed by atoms with van der Waals surface area (Å²) in [5.74, 6) is 0. The van der Waals surface area contributed by atoms with E-state index in [-0.39, 0.29) is 10.3 Å². The van der Waals surface area contributed by atoms with Gasteiger partial charge in [0.2, 0.25) is 5.69 Å². The molecular formula is C45H50N3O5S2+. The monoisotopic (exact) mass is 776 g/mol. The summed E-state index contributed by atoms with van der Waals surface area (Å²) >= 11 is 0.945. The molecular weight excluding hydrogens is 727 g/mol. The van der Waals surface area contributed by atoms with E-state index in [2.05, 4.69) is 152 Å². The Balaban J connectivity index is 1.37. The third kappa shape index (κ3) is 7.13. The summed E-state index contributed by atoms with van der Waals surface area (Å²) in [6.45, 7) is 12.9. The predicted molar refractivity (Wildman–Crippen MR) is 228 cm³/mol. The van der Waals surface area contributed by atoms with Crippen molar-refractivity contribution in [2.75, 3.05) is 23.9 Å². The van der Waals surface area contributed by atoms with Crippen LogP contribution in [0.2, 0.25) is 0 Å². The zero-order chi connectivity index (χ0) is 39.4.